The van der Waals surface area contributed by atoms with E-state index >= 15 is 0 Å². The minimum absolute atomic E-state index is 0.171. The Balaban J connectivity index is 1.83. The van der Waals surface area contributed by atoms with Crippen LogP contribution < -0.4 is 10.1 Å². The molecule has 0 saturated heterocycles. The van der Waals surface area contributed by atoms with Crippen molar-refractivity contribution in [2.24, 2.45) is 0 Å². The Bertz CT molecular complexity index is 837. The number of nitrogens with zero attached hydrogens (tertiary/aromatic N) is 1. The van der Waals surface area contributed by atoms with Crippen LogP contribution in [0.25, 0.3) is 0 Å². The summed E-state index contributed by atoms with van der Waals surface area (Å²) in [4.78, 5) is 36.5. The Labute approximate surface area is 162 Å². The Kier molecular flexibility index (Phi) is 7.50. The molecule has 0 saturated carbocycles. The molecule has 1 N–H and O–H groups in total. The third kappa shape index (κ3) is 6.71. The number of esters is 1. The van der Waals surface area contributed by atoms with Gasteiger partial charge in [-0.3, -0.25) is 9.59 Å². The predicted molar refractivity (Wildman–Crippen MR) is 99.2 cm³/mol. The normalized spacial score (nSPS) is 10.1. The number of hydrogen-bond donors (Lipinski definition) is 1. The molecule has 2 aromatic carbocycles. The molecular weight excluding hydrogens is 367 g/mol. The van der Waals surface area contributed by atoms with Crippen LogP contribution in [0.15, 0.2) is 48.5 Å². The second-order valence-corrected chi connectivity index (χ2v) is 6.08. The van der Waals surface area contributed by atoms with Gasteiger partial charge in [-0.15, -0.1) is 0 Å². The molecule has 8 heteroatoms. The van der Waals surface area contributed by atoms with E-state index in [0.717, 1.165) is 5.56 Å². The highest BCUT2D eigenvalue weighted by Crippen LogP contribution is 2.16. The van der Waals surface area contributed by atoms with Crippen LogP contribution in [0.5, 0.6) is 5.75 Å². The molecule has 28 heavy (non-hydrogen) atoms. The van der Waals surface area contributed by atoms with Crippen LogP contribution >= 0.6 is 0 Å². The van der Waals surface area contributed by atoms with Gasteiger partial charge in [-0.25, -0.2) is 9.18 Å². The monoisotopic (exact) mass is 388 g/mol. The Morgan fingerprint density at radius 1 is 1.07 bits per heavy atom. The lowest BCUT2D eigenvalue weighted by Crippen LogP contribution is -2.38. The molecule has 2 aromatic rings. The van der Waals surface area contributed by atoms with Gasteiger partial charge in [-0.05, 0) is 35.9 Å². The Morgan fingerprint density at radius 2 is 1.79 bits per heavy atom. The summed E-state index contributed by atoms with van der Waals surface area (Å²) in [7, 11) is 3.14. The van der Waals surface area contributed by atoms with Gasteiger partial charge < -0.3 is 19.7 Å². The fourth-order valence-electron chi connectivity index (χ4n) is 2.06. The third-order valence-electron chi connectivity index (χ3n) is 3.66. The highest BCUT2D eigenvalue weighted by molar-refractivity contribution is 5.92. The van der Waals surface area contributed by atoms with Crippen molar-refractivity contribution in [1.29, 1.82) is 0 Å². The number of benzene rings is 2. The smallest absolute Gasteiger partial charge is 0.338 e. The predicted octanol–water partition coefficient (Wildman–Crippen LogP) is 1.77. The molecule has 0 fully saturated rings. The van der Waals surface area contributed by atoms with Crippen molar-refractivity contribution >= 4 is 17.8 Å². The molecule has 0 aliphatic rings. The first kappa shape index (κ1) is 20.9. The van der Waals surface area contributed by atoms with Gasteiger partial charge in [-0.1, -0.05) is 18.2 Å². The van der Waals surface area contributed by atoms with Crippen LogP contribution in [0, 0.1) is 5.82 Å². The molecule has 0 aliphatic heterocycles. The Hall–Kier alpha value is -3.42. The van der Waals surface area contributed by atoms with E-state index in [-0.39, 0.29) is 30.4 Å². The number of carbonyl (C=O) groups is 3. The average Bonchev–Trinajstić information content (AvgIpc) is 2.69. The van der Waals surface area contributed by atoms with E-state index in [9.17, 15) is 18.8 Å². The summed E-state index contributed by atoms with van der Waals surface area (Å²) in [6.45, 7) is -0.461. The van der Waals surface area contributed by atoms with Crippen LogP contribution in [-0.2, 0) is 20.9 Å². The molecule has 0 atom stereocenters. The molecular formula is C20H21FN2O5. The quantitative estimate of drug-likeness (QED) is 0.697. The summed E-state index contributed by atoms with van der Waals surface area (Å²) in [5.74, 6) is -1.44. The third-order valence-corrected chi connectivity index (χ3v) is 3.66. The van der Waals surface area contributed by atoms with Gasteiger partial charge in [0.05, 0.1) is 12.1 Å². The minimum Gasteiger partial charge on any atom is -0.489 e. The van der Waals surface area contributed by atoms with Crippen LogP contribution in [0.4, 0.5) is 4.39 Å². The number of likely N-dealkylation sites (N-methyl/N-ethyl adjacent to an activating group) is 1. The second-order valence-electron chi connectivity index (χ2n) is 6.08. The summed E-state index contributed by atoms with van der Waals surface area (Å²) in [6, 6.07) is 12.2. The first-order valence-corrected chi connectivity index (χ1v) is 8.46. The van der Waals surface area contributed by atoms with E-state index in [4.69, 9.17) is 9.47 Å². The number of halogens is 1. The van der Waals surface area contributed by atoms with Gasteiger partial charge in [0.25, 0.3) is 5.91 Å². The van der Waals surface area contributed by atoms with Crippen LogP contribution in [0.2, 0.25) is 0 Å². The molecule has 0 bridgehead atoms. The van der Waals surface area contributed by atoms with Crippen LogP contribution in [0.3, 0.4) is 0 Å². The molecule has 2 amide bonds. The van der Waals surface area contributed by atoms with Gasteiger partial charge >= 0.3 is 5.97 Å². The van der Waals surface area contributed by atoms with E-state index in [1.807, 2.05) is 0 Å². The van der Waals surface area contributed by atoms with Crippen LogP contribution in [0.1, 0.15) is 15.9 Å². The number of rotatable bonds is 8. The number of amides is 2. The van der Waals surface area contributed by atoms with Gasteiger partial charge in [0, 0.05) is 14.1 Å². The summed E-state index contributed by atoms with van der Waals surface area (Å²) in [6.07, 6.45) is 0. The largest absolute Gasteiger partial charge is 0.489 e. The number of carbonyl (C=O) groups excluding carboxylic acids is 3. The second kappa shape index (κ2) is 10.1. The summed E-state index contributed by atoms with van der Waals surface area (Å²) >= 11 is 0. The average molecular weight is 388 g/mol. The van der Waals surface area contributed by atoms with Crippen molar-refractivity contribution in [1.82, 2.24) is 10.2 Å². The number of hydrogen-bond acceptors (Lipinski definition) is 5. The zero-order chi connectivity index (χ0) is 20.5. The van der Waals surface area contributed by atoms with E-state index in [0.29, 0.717) is 5.75 Å². The summed E-state index contributed by atoms with van der Waals surface area (Å²) < 4.78 is 23.4. The van der Waals surface area contributed by atoms with Crippen molar-refractivity contribution in [2.75, 3.05) is 27.2 Å². The van der Waals surface area contributed by atoms with Crippen molar-refractivity contribution in [3.05, 3.63) is 65.5 Å². The first-order chi connectivity index (χ1) is 13.3. The van der Waals surface area contributed by atoms with E-state index in [1.165, 1.54) is 29.2 Å². The maximum atomic E-state index is 12.9. The molecule has 0 radical (unpaired) electrons. The fourth-order valence-corrected chi connectivity index (χ4v) is 2.06. The zero-order valence-electron chi connectivity index (χ0n) is 15.6. The van der Waals surface area contributed by atoms with E-state index < -0.39 is 18.5 Å². The van der Waals surface area contributed by atoms with Crippen molar-refractivity contribution in [2.45, 2.75) is 6.61 Å². The molecule has 0 unspecified atom stereocenters. The molecule has 2 rings (SSSR count). The lowest BCUT2D eigenvalue weighted by Gasteiger charge is -2.11. The fraction of sp³-hybridized carbons (Fsp3) is 0.250. The molecule has 148 valence electrons. The van der Waals surface area contributed by atoms with Crippen molar-refractivity contribution in [3.8, 4) is 5.75 Å². The van der Waals surface area contributed by atoms with Gasteiger partial charge in [-0.2, -0.15) is 0 Å². The summed E-state index contributed by atoms with van der Waals surface area (Å²) in [5, 5.41) is 2.37. The van der Waals surface area contributed by atoms with Gasteiger partial charge in [0.15, 0.2) is 6.61 Å². The lowest BCUT2D eigenvalue weighted by molar-refractivity contribution is -0.131. The van der Waals surface area contributed by atoms with Gasteiger partial charge in [0.1, 0.15) is 18.2 Å². The molecule has 0 heterocycles. The highest BCUT2D eigenvalue weighted by Gasteiger charge is 2.12. The molecule has 7 nitrogen and oxygen atoms in total. The standard InChI is InChI=1S/C20H21FN2O5/c1-23(2)19(25)11-22-18(24)13-28-20(26)15-4-3-5-17(10-15)27-12-14-6-8-16(21)9-7-14/h3-10H,11-13H2,1-2H3,(H,22,24). The zero-order valence-corrected chi connectivity index (χ0v) is 15.6. The minimum atomic E-state index is -0.693. The first-order valence-electron chi connectivity index (χ1n) is 8.46. The summed E-state index contributed by atoms with van der Waals surface area (Å²) in [5.41, 5.74) is 0.993. The number of ether oxygens (including phenoxy) is 2. The van der Waals surface area contributed by atoms with E-state index in [1.54, 1.807) is 38.4 Å². The maximum absolute atomic E-state index is 12.9. The van der Waals surface area contributed by atoms with Crippen LogP contribution in [-0.4, -0.2) is 49.9 Å². The number of nitrogens with one attached hydrogen (secondary N) is 1. The van der Waals surface area contributed by atoms with Gasteiger partial charge in [0.2, 0.25) is 5.91 Å². The van der Waals surface area contributed by atoms with Crippen molar-refractivity contribution in [3.63, 3.8) is 0 Å². The maximum Gasteiger partial charge on any atom is 0.338 e. The lowest BCUT2D eigenvalue weighted by atomic mass is 10.2. The SMILES string of the molecule is CN(C)C(=O)CNC(=O)COC(=O)c1cccc(OCc2ccc(F)cc2)c1. The highest BCUT2D eigenvalue weighted by atomic mass is 19.1. The molecule has 0 spiro atoms. The molecule has 0 aliphatic carbocycles. The Morgan fingerprint density at radius 3 is 2.46 bits per heavy atom. The topological polar surface area (TPSA) is 84.9 Å². The van der Waals surface area contributed by atoms with Crippen molar-refractivity contribution < 1.29 is 28.2 Å². The molecule has 0 aromatic heterocycles. The van der Waals surface area contributed by atoms with E-state index in [2.05, 4.69) is 5.32 Å².